The fourth-order valence-electron chi connectivity index (χ4n) is 3.34. The number of carbonyl (C=O) groups is 2. The molecule has 0 aromatic heterocycles. The first kappa shape index (κ1) is 22.7. The summed E-state index contributed by atoms with van der Waals surface area (Å²) in [5, 5.41) is 5.85. The van der Waals surface area contributed by atoms with Gasteiger partial charge in [-0.2, -0.15) is 0 Å². The first-order chi connectivity index (χ1) is 15.0. The fourth-order valence-corrected chi connectivity index (χ4v) is 3.55. The molecule has 1 unspecified atom stereocenters. The molecular weight excluding hydrogens is 410 g/mol. The Balaban J connectivity index is 1.55. The van der Waals surface area contributed by atoms with Crippen molar-refractivity contribution in [3.05, 3.63) is 59.7 Å². The molecule has 0 bridgehead atoms. The molecule has 1 saturated heterocycles. The number of hydrogen-bond acceptors (Lipinski definition) is 4. The number of nitrogens with one attached hydrogen (secondary N) is 2. The molecule has 1 aliphatic heterocycles. The molecule has 2 aromatic carbocycles. The van der Waals surface area contributed by atoms with E-state index in [1.54, 1.807) is 42.5 Å². The summed E-state index contributed by atoms with van der Waals surface area (Å²) in [4.78, 5) is 27.0. The zero-order valence-electron chi connectivity index (χ0n) is 18.0. The number of benzene rings is 2. The number of ether oxygens (including phenoxy) is 1. The van der Waals surface area contributed by atoms with Crippen molar-refractivity contribution < 1.29 is 14.3 Å². The van der Waals surface area contributed by atoms with Crippen LogP contribution in [0.1, 0.15) is 60.2 Å². The van der Waals surface area contributed by atoms with E-state index in [2.05, 4.69) is 10.6 Å². The molecule has 2 amide bonds. The molecule has 7 heteroatoms. The number of amides is 2. The average molecular weight is 440 g/mol. The number of likely N-dealkylation sites (tertiary alicyclic amines) is 1. The maximum absolute atomic E-state index is 12.6. The molecule has 2 N–H and O–H groups in total. The molecule has 31 heavy (non-hydrogen) atoms. The summed E-state index contributed by atoms with van der Waals surface area (Å²) in [5.41, 5.74) is 1.82. The van der Waals surface area contributed by atoms with Crippen molar-refractivity contribution in [1.29, 1.82) is 0 Å². The highest BCUT2D eigenvalue weighted by atomic mass is 32.1. The second-order valence-electron chi connectivity index (χ2n) is 7.70. The SMILES string of the molecule is CCC(C)Oc1cccc(C(=O)NC(=S)Nc2ccc(C(=O)N3CCCCC3)cc2)c1. The number of anilines is 1. The summed E-state index contributed by atoms with van der Waals surface area (Å²) >= 11 is 5.27. The van der Waals surface area contributed by atoms with Crippen LogP contribution in [0.3, 0.4) is 0 Å². The summed E-state index contributed by atoms with van der Waals surface area (Å²) in [6.07, 6.45) is 4.27. The van der Waals surface area contributed by atoms with Gasteiger partial charge in [0.1, 0.15) is 5.75 Å². The van der Waals surface area contributed by atoms with Crippen molar-refractivity contribution >= 4 is 34.8 Å². The van der Waals surface area contributed by atoms with E-state index in [-0.39, 0.29) is 23.0 Å². The van der Waals surface area contributed by atoms with E-state index < -0.39 is 0 Å². The van der Waals surface area contributed by atoms with Crippen LogP contribution in [0.15, 0.2) is 48.5 Å². The summed E-state index contributed by atoms with van der Waals surface area (Å²) in [6, 6.07) is 14.1. The molecule has 0 radical (unpaired) electrons. The van der Waals surface area contributed by atoms with Gasteiger partial charge in [0, 0.05) is 29.9 Å². The number of thiocarbonyl (C=S) groups is 1. The maximum atomic E-state index is 12.6. The van der Waals surface area contributed by atoms with E-state index in [1.807, 2.05) is 24.8 Å². The van der Waals surface area contributed by atoms with E-state index in [0.29, 0.717) is 22.6 Å². The Hall–Kier alpha value is -2.93. The summed E-state index contributed by atoms with van der Waals surface area (Å²) in [5.74, 6) is 0.389. The first-order valence-corrected chi connectivity index (χ1v) is 11.2. The number of hydrogen-bond donors (Lipinski definition) is 2. The molecule has 6 nitrogen and oxygen atoms in total. The summed E-state index contributed by atoms with van der Waals surface area (Å²) in [7, 11) is 0. The van der Waals surface area contributed by atoms with E-state index in [9.17, 15) is 9.59 Å². The zero-order chi connectivity index (χ0) is 22.2. The number of rotatable bonds is 6. The van der Waals surface area contributed by atoms with Crippen LogP contribution in [0, 0.1) is 0 Å². The van der Waals surface area contributed by atoms with Gasteiger partial charge in [-0.15, -0.1) is 0 Å². The lowest BCUT2D eigenvalue weighted by Crippen LogP contribution is -2.35. The number of piperidine rings is 1. The van der Waals surface area contributed by atoms with Crippen molar-refractivity contribution in [2.24, 2.45) is 0 Å². The molecule has 2 aromatic rings. The van der Waals surface area contributed by atoms with Crippen LogP contribution in [0.4, 0.5) is 5.69 Å². The van der Waals surface area contributed by atoms with Gasteiger partial charge in [-0.25, -0.2) is 0 Å². The normalized spacial score (nSPS) is 14.5. The largest absolute Gasteiger partial charge is 0.491 e. The molecule has 1 fully saturated rings. The Morgan fingerprint density at radius 1 is 1.06 bits per heavy atom. The predicted molar refractivity (Wildman–Crippen MR) is 127 cm³/mol. The molecule has 1 heterocycles. The first-order valence-electron chi connectivity index (χ1n) is 10.7. The zero-order valence-corrected chi connectivity index (χ0v) is 18.8. The van der Waals surface area contributed by atoms with Gasteiger partial charge in [-0.3, -0.25) is 14.9 Å². The molecule has 164 valence electrons. The lowest BCUT2D eigenvalue weighted by Gasteiger charge is -2.26. The van der Waals surface area contributed by atoms with E-state index in [1.165, 1.54) is 6.42 Å². The molecule has 0 aliphatic carbocycles. The van der Waals surface area contributed by atoms with Crippen molar-refractivity contribution in [2.75, 3.05) is 18.4 Å². The van der Waals surface area contributed by atoms with Gasteiger partial charge in [0.05, 0.1) is 6.10 Å². The molecule has 0 spiro atoms. The fraction of sp³-hybridized carbons (Fsp3) is 0.375. The predicted octanol–water partition coefficient (Wildman–Crippen LogP) is 4.62. The minimum absolute atomic E-state index is 0.0571. The smallest absolute Gasteiger partial charge is 0.257 e. The standard InChI is InChI=1S/C24H29N3O3S/c1-3-17(2)30-21-9-7-8-19(16-21)22(28)26-24(31)25-20-12-10-18(11-13-20)23(29)27-14-5-4-6-15-27/h7-13,16-17H,3-6,14-15H2,1-2H3,(H2,25,26,28,31). The highest BCUT2D eigenvalue weighted by Gasteiger charge is 2.18. The van der Waals surface area contributed by atoms with E-state index >= 15 is 0 Å². The average Bonchev–Trinajstić information content (AvgIpc) is 2.79. The summed E-state index contributed by atoms with van der Waals surface area (Å²) in [6.45, 7) is 5.66. The minimum Gasteiger partial charge on any atom is -0.491 e. The molecular formula is C24H29N3O3S. The molecule has 0 saturated carbocycles. The van der Waals surface area contributed by atoms with Gasteiger partial charge in [-0.05, 0) is 87.3 Å². The van der Waals surface area contributed by atoms with E-state index in [4.69, 9.17) is 17.0 Å². The Morgan fingerprint density at radius 2 is 1.77 bits per heavy atom. The second-order valence-corrected chi connectivity index (χ2v) is 8.11. The van der Waals surface area contributed by atoms with Crippen molar-refractivity contribution in [3.8, 4) is 5.75 Å². The quantitative estimate of drug-likeness (QED) is 0.643. The summed E-state index contributed by atoms with van der Waals surface area (Å²) < 4.78 is 5.77. The van der Waals surface area contributed by atoms with Crippen LogP contribution in [0.2, 0.25) is 0 Å². The lowest BCUT2D eigenvalue weighted by atomic mass is 10.1. The molecule has 1 aliphatic rings. The van der Waals surface area contributed by atoms with Crippen molar-refractivity contribution in [1.82, 2.24) is 10.2 Å². The topological polar surface area (TPSA) is 70.7 Å². The Labute approximate surface area is 189 Å². The van der Waals surface area contributed by atoms with Gasteiger partial charge in [0.2, 0.25) is 0 Å². The van der Waals surface area contributed by atoms with Gasteiger partial charge >= 0.3 is 0 Å². The van der Waals surface area contributed by atoms with Crippen LogP contribution in [0.5, 0.6) is 5.75 Å². The van der Waals surface area contributed by atoms with Crippen LogP contribution in [-0.4, -0.2) is 41.0 Å². The van der Waals surface area contributed by atoms with Crippen molar-refractivity contribution in [3.63, 3.8) is 0 Å². The van der Waals surface area contributed by atoms with E-state index in [0.717, 1.165) is 32.4 Å². The van der Waals surface area contributed by atoms with Crippen LogP contribution in [0.25, 0.3) is 0 Å². The van der Waals surface area contributed by atoms with Crippen molar-refractivity contribution in [2.45, 2.75) is 45.6 Å². The van der Waals surface area contributed by atoms with Crippen LogP contribution >= 0.6 is 12.2 Å². The van der Waals surface area contributed by atoms with Gasteiger partial charge < -0.3 is 15.0 Å². The second kappa shape index (κ2) is 10.9. The minimum atomic E-state index is -0.316. The molecule has 3 rings (SSSR count). The Bertz CT molecular complexity index is 924. The van der Waals surface area contributed by atoms with Gasteiger partial charge in [0.15, 0.2) is 5.11 Å². The number of carbonyl (C=O) groups excluding carboxylic acids is 2. The maximum Gasteiger partial charge on any atom is 0.257 e. The number of nitrogens with zero attached hydrogens (tertiary/aromatic N) is 1. The van der Waals surface area contributed by atoms with Crippen LogP contribution in [-0.2, 0) is 0 Å². The lowest BCUT2D eigenvalue weighted by molar-refractivity contribution is 0.0724. The third-order valence-corrected chi connectivity index (χ3v) is 5.47. The highest BCUT2D eigenvalue weighted by molar-refractivity contribution is 7.80. The van der Waals surface area contributed by atoms with Gasteiger partial charge in [0.25, 0.3) is 11.8 Å². The van der Waals surface area contributed by atoms with Crippen LogP contribution < -0.4 is 15.4 Å². The highest BCUT2D eigenvalue weighted by Crippen LogP contribution is 2.17. The third-order valence-electron chi connectivity index (χ3n) is 5.27. The Morgan fingerprint density at radius 3 is 2.45 bits per heavy atom. The Kier molecular flexibility index (Phi) is 8.00. The molecule has 1 atom stereocenters. The van der Waals surface area contributed by atoms with Gasteiger partial charge in [-0.1, -0.05) is 13.0 Å². The third kappa shape index (κ3) is 6.52. The monoisotopic (exact) mass is 439 g/mol.